The minimum absolute atomic E-state index is 0.0741. The Kier molecular flexibility index (Phi) is 26.9. The van der Waals surface area contributed by atoms with Gasteiger partial charge in [-0.3, -0.25) is 41.8 Å². The minimum atomic E-state index is -3.78. The molecule has 0 bridgehead atoms. The van der Waals surface area contributed by atoms with Gasteiger partial charge in [-0.05, 0) is 167 Å². The van der Waals surface area contributed by atoms with Crippen LogP contribution in [0, 0.1) is 0 Å². The molecular formula is C78H99N18O24P3S3. The van der Waals surface area contributed by atoms with Crippen LogP contribution in [-0.4, -0.2) is 238 Å². The number of benzene rings is 3. The Hall–Kier alpha value is -8.34. The number of anilines is 3. The highest BCUT2D eigenvalue weighted by Crippen LogP contribution is 2.65. The van der Waals surface area contributed by atoms with Crippen molar-refractivity contribution in [2.45, 2.75) is 240 Å². The number of nitrogens with one attached hydrogen (secondary N) is 3. The van der Waals surface area contributed by atoms with E-state index < -0.39 is 128 Å². The number of rotatable bonds is 21. The number of carbonyl (C=O) groups is 3. The summed E-state index contributed by atoms with van der Waals surface area (Å²) in [5.74, 6) is -1.23. The third-order valence-electron chi connectivity index (χ3n) is 23.4. The second kappa shape index (κ2) is 37.3. The van der Waals surface area contributed by atoms with E-state index >= 15 is 0 Å². The van der Waals surface area contributed by atoms with Gasteiger partial charge in [-0.2, -0.15) is 29.9 Å². The van der Waals surface area contributed by atoms with Crippen molar-refractivity contribution >= 4 is 124 Å². The Morgan fingerprint density at radius 1 is 0.437 bits per heavy atom. The lowest BCUT2D eigenvalue weighted by Gasteiger charge is -2.27. The zero-order valence-corrected chi connectivity index (χ0v) is 74.4. The van der Waals surface area contributed by atoms with Crippen molar-refractivity contribution in [2.75, 3.05) is 58.4 Å². The SMILES string of the molecule is COc1nc(N)nc2c1ncn2[C@@H]1OC(COP2(=O)NC(C(=O)OC3CCCC3)Cc3ccccc3S2)[C@@H](O)[C@@]1(C)O.COc1nc(N)nc2c1ncn2[C@@H]1OC(CO[P@@]2(=O)NC(C(=O)OC3CCCC3)Cc3ccccc3S2)[C@@H](O)[C@@]1(C)O.COc1nc(N)nc2c1ncn2[C@@H]1OC(CO[P@]2(=O)NC(C(=O)OC3CCCC3)Cc3ccccc3S2)[C@@H](O)[C@@]1(C)O. The van der Waals surface area contributed by atoms with Crippen LogP contribution in [0.1, 0.15) is 133 Å². The number of carbonyl (C=O) groups excluding carboxylic acids is 3. The maximum Gasteiger partial charge on any atom is 0.332 e. The third-order valence-corrected chi connectivity index (χ3v) is 35.1. The molecule has 0 radical (unpaired) electrons. The van der Waals surface area contributed by atoms with Gasteiger partial charge in [0.2, 0.25) is 35.5 Å². The molecule has 3 aliphatic carbocycles. The van der Waals surface area contributed by atoms with Gasteiger partial charge in [0.1, 0.15) is 89.9 Å². The van der Waals surface area contributed by atoms with Crippen molar-refractivity contribution in [3.05, 3.63) is 108 Å². The largest absolute Gasteiger partial charge is 0.479 e. The van der Waals surface area contributed by atoms with Crippen molar-refractivity contribution in [1.82, 2.24) is 73.8 Å². The summed E-state index contributed by atoms with van der Waals surface area (Å²) in [6, 6.07) is 19.4. The topological polar surface area (TPSA) is 580 Å². The van der Waals surface area contributed by atoms with E-state index in [2.05, 4.69) is 60.1 Å². The quantitative estimate of drug-likeness (QED) is 0.0195. The Balaban J connectivity index is 0.000000139. The van der Waals surface area contributed by atoms with Crippen LogP contribution in [-0.2, 0) is 89.3 Å². The fourth-order valence-corrected chi connectivity index (χ4v) is 28.7. The average molecular weight is 1860 g/mol. The van der Waals surface area contributed by atoms with Crippen molar-refractivity contribution in [2.24, 2.45) is 0 Å². The summed E-state index contributed by atoms with van der Waals surface area (Å²) in [6.07, 6.45) is 4.35. The van der Waals surface area contributed by atoms with E-state index in [0.717, 1.165) is 128 Å². The fraction of sp³-hybridized carbons (Fsp3) is 0.538. The molecule has 0 amide bonds. The summed E-state index contributed by atoms with van der Waals surface area (Å²) >= 11 is 2.97. The number of nitrogens with zero attached hydrogens (tertiary/aromatic N) is 12. The number of nitrogen functional groups attached to an aromatic ring is 3. The highest BCUT2D eigenvalue weighted by molar-refractivity contribution is 8.56. The zero-order chi connectivity index (χ0) is 88.9. The molecule has 12 heterocycles. The van der Waals surface area contributed by atoms with Crippen LogP contribution in [0.15, 0.2) is 106 Å². The first kappa shape index (κ1) is 91.0. The molecule has 18 rings (SSSR count). The van der Waals surface area contributed by atoms with Gasteiger partial charge in [-0.15, -0.1) is 0 Å². The van der Waals surface area contributed by atoms with Crippen LogP contribution in [0.3, 0.4) is 0 Å². The highest BCUT2D eigenvalue weighted by atomic mass is 32.7. The normalized spacial score (nSPS) is 31.6. The van der Waals surface area contributed by atoms with E-state index in [9.17, 15) is 58.7 Å². The number of aliphatic hydroxyl groups excluding tert-OH is 3. The van der Waals surface area contributed by atoms with E-state index in [-0.39, 0.29) is 126 Å². The molecule has 42 nitrogen and oxygen atoms in total. The molecule has 18 atom stereocenters. The maximum atomic E-state index is 14.1. The molecule has 3 aromatic carbocycles. The van der Waals surface area contributed by atoms with Crippen LogP contribution in [0.2, 0.25) is 0 Å². The molecule has 15 N–H and O–H groups in total. The molecule has 6 aromatic heterocycles. The molecule has 3 saturated heterocycles. The molecule has 6 aliphatic heterocycles. The number of fused-ring (bicyclic) bond motifs is 6. The summed E-state index contributed by atoms with van der Waals surface area (Å²) in [5, 5.41) is 75.9. The second-order valence-electron chi connectivity index (χ2n) is 32.5. The summed E-state index contributed by atoms with van der Waals surface area (Å²) in [5.41, 5.74) is 16.1. The van der Waals surface area contributed by atoms with Gasteiger partial charge in [0.25, 0.3) is 0 Å². The van der Waals surface area contributed by atoms with Gasteiger partial charge >= 0.3 is 38.1 Å². The molecule has 126 heavy (non-hydrogen) atoms. The lowest BCUT2D eigenvalue weighted by Crippen LogP contribution is -2.44. The van der Waals surface area contributed by atoms with E-state index in [1.54, 1.807) is 0 Å². The van der Waals surface area contributed by atoms with E-state index in [1.165, 1.54) is 74.8 Å². The van der Waals surface area contributed by atoms with Gasteiger partial charge in [-0.1, -0.05) is 54.6 Å². The summed E-state index contributed by atoms with van der Waals surface area (Å²) in [7, 11) is 4.25. The van der Waals surface area contributed by atoms with Crippen LogP contribution in [0.5, 0.6) is 17.6 Å². The summed E-state index contributed by atoms with van der Waals surface area (Å²) in [4.78, 5) is 79.0. The molecule has 7 unspecified atom stereocenters. The van der Waals surface area contributed by atoms with Gasteiger partial charge in [0.15, 0.2) is 52.2 Å². The lowest BCUT2D eigenvalue weighted by atomic mass is 9.96. The number of imidazole rings is 3. The van der Waals surface area contributed by atoms with Crippen LogP contribution < -0.4 is 46.7 Å². The molecule has 678 valence electrons. The zero-order valence-electron chi connectivity index (χ0n) is 69.2. The van der Waals surface area contributed by atoms with Gasteiger partial charge < -0.3 is 104 Å². The maximum absolute atomic E-state index is 14.1. The average Bonchev–Trinajstić information content (AvgIpc) is 1.60. The van der Waals surface area contributed by atoms with Crippen molar-refractivity contribution in [3.63, 3.8) is 0 Å². The predicted molar refractivity (Wildman–Crippen MR) is 455 cm³/mol. The number of esters is 3. The Bertz CT molecular complexity index is 5130. The van der Waals surface area contributed by atoms with Crippen molar-refractivity contribution in [3.8, 4) is 17.6 Å². The number of hydrogen-bond acceptors (Lipinski definition) is 39. The molecule has 6 fully saturated rings. The third kappa shape index (κ3) is 19.0. The number of ether oxygens (including phenoxy) is 9. The first-order valence-electron chi connectivity index (χ1n) is 41.0. The van der Waals surface area contributed by atoms with E-state index in [0.29, 0.717) is 14.7 Å². The van der Waals surface area contributed by atoms with Crippen LogP contribution >= 0.6 is 54.3 Å². The first-order valence-corrected chi connectivity index (χ1v) is 50.2. The fourth-order valence-electron chi connectivity index (χ4n) is 16.8. The Labute approximate surface area is 733 Å². The predicted octanol–water partition coefficient (Wildman–Crippen LogP) is 7.03. The van der Waals surface area contributed by atoms with Gasteiger partial charge in [-0.25, -0.2) is 30.2 Å². The molecule has 9 aliphatic rings. The van der Waals surface area contributed by atoms with Crippen molar-refractivity contribution < 1.29 is 115 Å². The highest BCUT2D eigenvalue weighted by Gasteiger charge is 2.58. The van der Waals surface area contributed by atoms with Crippen LogP contribution in [0.25, 0.3) is 33.5 Å². The Morgan fingerprint density at radius 3 is 0.944 bits per heavy atom. The number of hydrogen-bond donors (Lipinski definition) is 12. The molecular weight excluding hydrogens is 1760 g/mol. The monoisotopic (exact) mass is 1860 g/mol. The summed E-state index contributed by atoms with van der Waals surface area (Å²) in [6.45, 7) is -8.20. The van der Waals surface area contributed by atoms with Gasteiger partial charge in [0, 0.05) is 33.9 Å². The first-order chi connectivity index (χ1) is 60.2. The summed E-state index contributed by atoms with van der Waals surface area (Å²) < 4.78 is 116. The molecule has 48 heteroatoms. The number of aromatic nitrogens is 12. The smallest absolute Gasteiger partial charge is 0.332 e. The standard InChI is InChI=1S/3C26H33N6O8PS/c3*1-26(35)20(33)17(40-24(26)32-13-28-19-21(32)29-25(27)30-22(19)37-2)12-38-41(36)31-16(23(34)39-15-8-4-5-9-15)11-14-7-3-6-10-18(14)42-41/h3*3,6-7,10,13,15-17,20,24,33,35H,4-5,8-9,11-12H2,1-2H3,(H,31,36)(H2,27,29,30)/t16?,17?,20-,24-,26-,41?;16?,17?,20-,24-,26-,41+;16?,17?,20-,24-,26-,41-/m111/s1. The molecule has 3 saturated carbocycles. The Morgan fingerprint density at radius 2 is 0.690 bits per heavy atom. The second-order valence-corrected chi connectivity index (χ2v) is 44.9. The number of nitrogens with two attached hydrogens (primary N) is 3. The minimum Gasteiger partial charge on any atom is -0.479 e. The van der Waals surface area contributed by atoms with E-state index in [4.69, 9.17) is 73.4 Å². The van der Waals surface area contributed by atoms with Crippen LogP contribution in [0.4, 0.5) is 17.8 Å². The molecule has 0 spiro atoms. The van der Waals surface area contributed by atoms with E-state index in [1.807, 2.05) is 72.8 Å². The lowest BCUT2D eigenvalue weighted by molar-refractivity contribution is -0.151. The van der Waals surface area contributed by atoms with Crippen molar-refractivity contribution in [1.29, 1.82) is 0 Å². The van der Waals surface area contributed by atoms with Gasteiger partial charge in [0.05, 0.1) is 60.1 Å². The molecule has 9 aromatic rings. The number of methoxy groups -OCH3 is 3. The number of aliphatic hydroxyl groups is 6.